The molecule has 0 aromatic carbocycles. The predicted octanol–water partition coefficient (Wildman–Crippen LogP) is 1.58. The van der Waals surface area contributed by atoms with Crippen molar-refractivity contribution in [2.75, 3.05) is 0 Å². The summed E-state index contributed by atoms with van der Waals surface area (Å²) in [5, 5.41) is -0.227. The number of hydrogen-bond donors (Lipinski definition) is 0. The molecule has 50 valence electrons. The molecule has 9 heavy (non-hydrogen) atoms. The van der Waals surface area contributed by atoms with E-state index in [1.165, 1.54) is 6.08 Å². The van der Waals surface area contributed by atoms with Crippen molar-refractivity contribution in [1.82, 2.24) is 0 Å². The molecule has 2 atom stereocenters. The molecule has 0 N–H and O–H groups in total. The van der Waals surface area contributed by atoms with Crippen molar-refractivity contribution >= 4 is 37.8 Å². The fourth-order valence-electron chi connectivity index (χ4n) is 0.473. The lowest BCUT2D eigenvalue weighted by atomic mass is 10.3. The first-order valence-electron chi connectivity index (χ1n) is 2.37. The maximum absolute atomic E-state index is 10.5. The van der Waals surface area contributed by atoms with Crippen molar-refractivity contribution in [1.29, 1.82) is 0 Å². The Balaban J connectivity index is 2.65. The van der Waals surface area contributed by atoms with E-state index < -0.39 is 0 Å². The quantitative estimate of drug-likeness (QED) is 0.485. The molecular weight excluding hydrogens is 252 g/mol. The molecule has 0 spiro atoms. The largest absolute Gasteiger partial charge is 0.446 e. The first-order chi connectivity index (χ1) is 4.20. The van der Waals surface area contributed by atoms with E-state index >= 15 is 0 Å². The summed E-state index contributed by atoms with van der Waals surface area (Å²) in [4.78, 5) is 10.6. The number of cyclic esters (lactones) is 1. The van der Waals surface area contributed by atoms with Crippen LogP contribution in [-0.2, 0) is 9.53 Å². The van der Waals surface area contributed by atoms with E-state index in [9.17, 15) is 4.79 Å². The van der Waals surface area contributed by atoms with E-state index in [2.05, 4.69) is 31.9 Å². The molecule has 0 fully saturated rings. The monoisotopic (exact) mass is 254 g/mol. The molecule has 0 unspecified atom stereocenters. The van der Waals surface area contributed by atoms with Gasteiger partial charge in [0, 0.05) is 6.08 Å². The SMILES string of the molecule is O=C1C=C[C@H](Br)[C@@H](Br)O1. The average Bonchev–Trinajstić information content (AvgIpc) is 1.80. The van der Waals surface area contributed by atoms with E-state index in [0.717, 1.165) is 0 Å². The van der Waals surface area contributed by atoms with Gasteiger partial charge in [0.15, 0.2) is 5.01 Å². The molecule has 2 nitrogen and oxygen atoms in total. The Kier molecular flexibility index (Phi) is 2.29. The fraction of sp³-hybridized carbons (Fsp3) is 0.400. The molecule has 1 aliphatic rings. The second-order valence-electron chi connectivity index (χ2n) is 1.59. The van der Waals surface area contributed by atoms with Crippen LogP contribution in [0.2, 0.25) is 0 Å². The summed E-state index contributed by atoms with van der Waals surface area (Å²) < 4.78 is 4.74. The molecule has 0 saturated carbocycles. The normalized spacial score (nSPS) is 34.2. The highest BCUT2D eigenvalue weighted by atomic mass is 79.9. The van der Waals surface area contributed by atoms with Gasteiger partial charge in [-0.05, 0) is 15.9 Å². The molecule has 0 aliphatic carbocycles. The minimum Gasteiger partial charge on any atom is -0.446 e. The highest BCUT2D eigenvalue weighted by molar-refractivity contribution is 9.12. The van der Waals surface area contributed by atoms with E-state index in [0.29, 0.717) is 0 Å². The number of halogens is 2. The van der Waals surface area contributed by atoms with Gasteiger partial charge in [-0.2, -0.15) is 0 Å². The zero-order chi connectivity index (χ0) is 6.85. The van der Waals surface area contributed by atoms with Gasteiger partial charge in [-0.1, -0.05) is 22.0 Å². The summed E-state index contributed by atoms with van der Waals surface area (Å²) >= 11 is 6.42. The maximum atomic E-state index is 10.5. The molecule has 0 radical (unpaired) electrons. The van der Waals surface area contributed by atoms with Gasteiger partial charge < -0.3 is 4.74 Å². The van der Waals surface area contributed by atoms with Gasteiger partial charge in [-0.25, -0.2) is 4.79 Å². The topological polar surface area (TPSA) is 26.3 Å². The van der Waals surface area contributed by atoms with E-state index in [4.69, 9.17) is 4.74 Å². The van der Waals surface area contributed by atoms with Crippen LogP contribution in [0.15, 0.2) is 12.2 Å². The molecule has 1 heterocycles. The van der Waals surface area contributed by atoms with E-state index in [1.807, 2.05) is 0 Å². The van der Waals surface area contributed by atoms with Gasteiger partial charge in [-0.15, -0.1) is 0 Å². The number of ether oxygens (including phenoxy) is 1. The molecule has 1 aliphatic heterocycles. The summed E-state index contributed by atoms with van der Waals surface area (Å²) in [6, 6.07) is 0. The van der Waals surface area contributed by atoms with E-state index in [1.54, 1.807) is 6.08 Å². The van der Waals surface area contributed by atoms with Gasteiger partial charge >= 0.3 is 5.97 Å². The number of rotatable bonds is 0. The predicted molar refractivity (Wildman–Crippen MR) is 40.7 cm³/mol. The second kappa shape index (κ2) is 2.84. The van der Waals surface area contributed by atoms with Gasteiger partial charge in [0.05, 0.1) is 4.83 Å². The Morgan fingerprint density at radius 3 is 2.67 bits per heavy atom. The standard InChI is InChI=1S/C5H4Br2O2/c6-3-1-2-4(8)9-5(3)7/h1-3,5H/t3-,5-/m0/s1. The molecule has 0 bridgehead atoms. The number of carbonyl (C=O) groups is 1. The van der Waals surface area contributed by atoms with Crippen LogP contribution in [-0.4, -0.2) is 15.8 Å². The molecule has 0 aromatic rings. The van der Waals surface area contributed by atoms with Crippen LogP contribution in [0.4, 0.5) is 0 Å². The summed E-state index contributed by atoms with van der Waals surface area (Å²) in [6.45, 7) is 0. The molecule has 0 saturated heterocycles. The van der Waals surface area contributed by atoms with Crippen LogP contribution in [0.25, 0.3) is 0 Å². The van der Waals surface area contributed by atoms with Gasteiger partial charge in [0.2, 0.25) is 0 Å². The van der Waals surface area contributed by atoms with Crippen LogP contribution in [0, 0.1) is 0 Å². The first kappa shape index (κ1) is 7.28. The van der Waals surface area contributed by atoms with Gasteiger partial charge in [0.1, 0.15) is 0 Å². The van der Waals surface area contributed by atoms with Crippen LogP contribution < -0.4 is 0 Å². The fourth-order valence-corrected chi connectivity index (χ4v) is 1.09. The minimum atomic E-state index is -0.299. The van der Waals surface area contributed by atoms with Crippen LogP contribution in [0.1, 0.15) is 0 Å². The summed E-state index contributed by atoms with van der Waals surface area (Å²) in [5.74, 6) is -0.299. The third-order valence-corrected chi connectivity index (χ3v) is 3.15. The highest BCUT2D eigenvalue weighted by Crippen LogP contribution is 2.20. The molecular formula is C5H4Br2O2. The lowest BCUT2D eigenvalue weighted by Crippen LogP contribution is -2.23. The first-order valence-corrected chi connectivity index (χ1v) is 4.20. The number of esters is 1. The molecule has 1 rings (SSSR count). The smallest absolute Gasteiger partial charge is 0.331 e. The Bertz CT molecular complexity index is 155. The Morgan fingerprint density at radius 1 is 1.56 bits per heavy atom. The van der Waals surface area contributed by atoms with Crippen molar-refractivity contribution in [3.8, 4) is 0 Å². The Hall–Kier alpha value is 0.170. The zero-order valence-electron chi connectivity index (χ0n) is 4.38. The van der Waals surface area contributed by atoms with Crippen molar-refractivity contribution in [3.05, 3.63) is 12.2 Å². The lowest BCUT2D eigenvalue weighted by Gasteiger charge is -2.16. The number of carbonyl (C=O) groups excluding carboxylic acids is 1. The Morgan fingerprint density at radius 2 is 2.22 bits per heavy atom. The van der Waals surface area contributed by atoms with Crippen LogP contribution >= 0.6 is 31.9 Å². The van der Waals surface area contributed by atoms with Crippen molar-refractivity contribution in [2.24, 2.45) is 0 Å². The summed E-state index contributed by atoms with van der Waals surface area (Å²) in [7, 11) is 0. The maximum Gasteiger partial charge on any atom is 0.331 e. The number of alkyl halides is 2. The third-order valence-electron chi connectivity index (χ3n) is 0.895. The number of hydrogen-bond acceptors (Lipinski definition) is 2. The summed E-state index contributed by atoms with van der Waals surface area (Å²) in [5.41, 5.74) is 0. The minimum absolute atomic E-state index is 0.0928. The van der Waals surface area contributed by atoms with E-state index in [-0.39, 0.29) is 15.8 Å². The van der Waals surface area contributed by atoms with Gasteiger partial charge in [0.25, 0.3) is 0 Å². The second-order valence-corrected chi connectivity index (χ2v) is 3.55. The van der Waals surface area contributed by atoms with Crippen molar-refractivity contribution in [2.45, 2.75) is 9.84 Å². The van der Waals surface area contributed by atoms with Crippen molar-refractivity contribution in [3.63, 3.8) is 0 Å². The van der Waals surface area contributed by atoms with Crippen LogP contribution in [0.5, 0.6) is 0 Å². The average molecular weight is 256 g/mol. The highest BCUT2D eigenvalue weighted by Gasteiger charge is 2.20. The zero-order valence-corrected chi connectivity index (χ0v) is 7.55. The third kappa shape index (κ3) is 1.79. The van der Waals surface area contributed by atoms with Crippen molar-refractivity contribution < 1.29 is 9.53 Å². The molecule has 4 heteroatoms. The molecule has 0 aromatic heterocycles. The van der Waals surface area contributed by atoms with Crippen LogP contribution in [0.3, 0.4) is 0 Å². The van der Waals surface area contributed by atoms with Gasteiger partial charge in [-0.3, -0.25) is 0 Å². The summed E-state index contributed by atoms with van der Waals surface area (Å²) in [6.07, 6.45) is 3.14. The molecule has 0 amide bonds. The lowest BCUT2D eigenvalue weighted by molar-refractivity contribution is -0.139. The Labute approximate surface area is 69.5 Å².